The molecule has 1 atom stereocenters. The normalized spacial score (nSPS) is 17.3. The van der Waals surface area contributed by atoms with Crippen LogP contribution in [0.4, 0.5) is 10.5 Å². The summed E-state index contributed by atoms with van der Waals surface area (Å²) in [5.41, 5.74) is 3.15. The van der Waals surface area contributed by atoms with Gasteiger partial charge in [0.05, 0.1) is 30.6 Å². The van der Waals surface area contributed by atoms with Crippen molar-refractivity contribution < 1.29 is 9.90 Å². The van der Waals surface area contributed by atoms with E-state index in [0.717, 1.165) is 35.0 Å². The van der Waals surface area contributed by atoms with Crippen LogP contribution in [0, 0.1) is 0 Å². The zero-order chi connectivity index (χ0) is 19.3. The molecule has 1 aliphatic heterocycles. The number of carboxylic acid groups (broad SMARTS) is 1. The summed E-state index contributed by atoms with van der Waals surface area (Å²) in [7, 11) is 0. The molecule has 1 amide bonds. The van der Waals surface area contributed by atoms with Gasteiger partial charge < -0.3 is 15.3 Å². The van der Waals surface area contributed by atoms with Gasteiger partial charge in [-0.15, -0.1) is 0 Å². The number of nitrogens with zero attached hydrogens (tertiary/aromatic N) is 5. The van der Waals surface area contributed by atoms with E-state index in [0.29, 0.717) is 19.6 Å². The largest absolute Gasteiger partial charge is 0.465 e. The first-order valence-electron chi connectivity index (χ1n) is 9.29. The molecule has 4 rings (SSSR count). The first-order chi connectivity index (χ1) is 13.7. The lowest BCUT2D eigenvalue weighted by molar-refractivity contribution is 0.131. The zero-order valence-corrected chi connectivity index (χ0v) is 15.4. The van der Waals surface area contributed by atoms with Crippen molar-refractivity contribution in [3.8, 4) is 0 Å². The number of likely N-dealkylation sites (tertiary alicyclic amines) is 1. The van der Waals surface area contributed by atoms with Crippen LogP contribution in [-0.4, -0.2) is 56.3 Å². The maximum Gasteiger partial charge on any atom is 0.407 e. The predicted octanol–water partition coefficient (Wildman–Crippen LogP) is 3.06. The summed E-state index contributed by atoms with van der Waals surface area (Å²) >= 11 is 0. The van der Waals surface area contributed by atoms with Crippen molar-refractivity contribution in [1.29, 1.82) is 0 Å². The van der Waals surface area contributed by atoms with Gasteiger partial charge in [-0.1, -0.05) is 12.1 Å². The smallest absolute Gasteiger partial charge is 0.407 e. The van der Waals surface area contributed by atoms with Gasteiger partial charge in [0.15, 0.2) is 0 Å². The standard InChI is InChI=1S/C20H22N6O2/c27-20(28)25-9-1-2-18(13-25)23-14-22-17-5-3-15(4-6-17)12-26-19-7-8-21-10-16(19)11-24-26/h3-8,10-11,14,18H,1-2,9,12-13H2,(H,22,23)(H,27,28)/t18-/m1/s1. The maximum absolute atomic E-state index is 11.1. The number of piperidine rings is 1. The Kier molecular flexibility index (Phi) is 5.18. The lowest BCUT2D eigenvalue weighted by Gasteiger charge is -2.28. The van der Waals surface area contributed by atoms with Crippen molar-refractivity contribution in [1.82, 2.24) is 19.7 Å². The molecular weight excluding hydrogens is 356 g/mol. The minimum Gasteiger partial charge on any atom is -0.465 e. The first kappa shape index (κ1) is 18.0. The molecule has 3 heterocycles. The fraction of sp³-hybridized carbons (Fsp3) is 0.300. The van der Waals surface area contributed by atoms with Crippen molar-refractivity contribution in [2.24, 2.45) is 4.99 Å². The lowest BCUT2D eigenvalue weighted by Crippen LogP contribution is -2.40. The number of hydrogen-bond donors (Lipinski definition) is 2. The molecule has 0 aliphatic carbocycles. The fourth-order valence-corrected chi connectivity index (χ4v) is 3.40. The van der Waals surface area contributed by atoms with E-state index in [1.54, 1.807) is 12.5 Å². The van der Waals surface area contributed by atoms with Gasteiger partial charge in [0.1, 0.15) is 0 Å². The number of aromatic nitrogens is 3. The number of fused-ring (bicyclic) bond motifs is 1. The average molecular weight is 378 g/mol. The van der Waals surface area contributed by atoms with Crippen LogP contribution in [0.15, 0.2) is 53.9 Å². The Morgan fingerprint density at radius 2 is 2.14 bits per heavy atom. The Balaban J connectivity index is 1.34. The Hall–Kier alpha value is -3.42. The molecule has 1 aromatic carbocycles. The van der Waals surface area contributed by atoms with Crippen LogP contribution in [0.1, 0.15) is 18.4 Å². The Morgan fingerprint density at radius 1 is 1.29 bits per heavy atom. The number of anilines is 1. The quantitative estimate of drug-likeness (QED) is 0.525. The Bertz CT molecular complexity index is 982. The molecule has 0 bridgehead atoms. The minimum absolute atomic E-state index is 0.0132. The van der Waals surface area contributed by atoms with Gasteiger partial charge in [0.25, 0.3) is 0 Å². The molecule has 1 aliphatic rings. The maximum atomic E-state index is 11.1. The molecule has 1 fully saturated rings. The molecule has 8 heteroatoms. The molecule has 1 saturated heterocycles. The van der Waals surface area contributed by atoms with Crippen LogP contribution in [0.25, 0.3) is 10.9 Å². The summed E-state index contributed by atoms with van der Waals surface area (Å²) < 4.78 is 1.96. The van der Waals surface area contributed by atoms with E-state index < -0.39 is 6.09 Å². The van der Waals surface area contributed by atoms with E-state index in [1.165, 1.54) is 4.90 Å². The molecule has 2 N–H and O–H groups in total. The summed E-state index contributed by atoms with van der Waals surface area (Å²) in [6, 6.07) is 10.1. The highest BCUT2D eigenvalue weighted by Gasteiger charge is 2.22. The van der Waals surface area contributed by atoms with Crippen LogP contribution in [0.2, 0.25) is 0 Å². The zero-order valence-electron chi connectivity index (χ0n) is 15.4. The highest BCUT2D eigenvalue weighted by Crippen LogP contribution is 2.16. The molecular formula is C20H22N6O2. The van der Waals surface area contributed by atoms with E-state index in [2.05, 4.69) is 32.5 Å². The van der Waals surface area contributed by atoms with Crippen LogP contribution in [0.5, 0.6) is 0 Å². The number of nitrogens with one attached hydrogen (secondary N) is 1. The SMILES string of the molecule is O=C(O)N1CCC[C@@H](N=CNc2ccc(Cn3ncc4cnccc43)cc2)C1. The summed E-state index contributed by atoms with van der Waals surface area (Å²) in [5.74, 6) is 0. The van der Waals surface area contributed by atoms with Gasteiger partial charge in [-0.3, -0.25) is 14.7 Å². The van der Waals surface area contributed by atoms with Crippen molar-refractivity contribution in [2.45, 2.75) is 25.4 Å². The third kappa shape index (κ3) is 4.11. The average Bonchev–Trinajstić information content (AvgIpc) is 3.12. The third-order valence-electron chi connectivity index (χ3n) is 4.91. The number of rotatable bonds is 5. The second kappa shape index (κ2) is 8.08. The van der Waals surface area contributed by atoms with Crippen molar-refractivity contribution in [3.63, 3.8) is 0 Å². The molecule has 28 heavy (non-hydrogen) atoms. The Morgan fingerprint density at radius 3 is 2.96 bits per heavy atom. The van der Waals surface area contributed by atoms with Gasteiger partial charge in [-0.05, 0) is 36.6 Å². The number of benzene rings is 1. The molecule has 2 aromatic heterocycles. The predicted molar refractivity (Wildman–Crippen MR) is 108 cm³/mol. The topological polar surface area (TPSA) is 95.6 Å². The first-order valence-corrected chi connectivity index (χ1v) is 9.29. The molecule has 0 unspecified atom stereocenters. The van der Waals surface area contributed by atoms with Gasteiger partial charge in [-0.2, -0.15) is 5.10 Å². The number of hydrogen-bond acceptors (Lipinski definition) is 4. The van der Waals surface area contributed by atoms with E-state index in [9.17, 15) is 4.79 Å². The number of carbonyl (C=O) groups is 1. The molecule has 8 nitrogen and oxygen atoms in total. The summed E-state index contributed by atoms with van der Waals surface area (Å²) in [6.07, 6.45) is 7.96. The summed E-state index contributed by atoms with van der Waals surface area (Å²) in [5, 5.41) is 17.7. The number of pyridine rings is 1. The van der Waals surface area contributed by atoms with Crippen LogP contribution >= 0.6 is 0 Å². The van der Waals surface area contributed by atoms with E-state index in [-0.39, 0.29) is 6.04 Å². The highest BCUT2D eigenvalue weighted by atomic mass is 16.4. The van der Waals surface area contributed by atoms with Crippen LogP contribution < -0.4 is 5.32 Å². The molecule has 0 spiro atoms. The highest BCUT2D eigenvalue weighted by molar-refractivity contribution is 5.77. The van der Waals surface area contributed by atoms with Crippen LogP contribution in [-0.2, 0) is 6.54 Å². The van der Waals surface area contributed by atoms with Gasteiger partial charge in [0, 0.05) is 36.6 Å². The van der Waals surface area contributed by atoms with E-state index >= 15 is 0 Å². The van der Waals surface area contributed by atoms with E-state index in [4.69, 9.17) is 5.11 Å². The minimum atomic E-state index is -0.871. The van der Waals surface area contributed by atoms with Gasteiger partial charge in [0.2, 0.25) is 0 Å². The summed E-state index contributed by atoms with van der Waals surface area (Å²) in [4.78, 5) is 21.1. The fourth-order valence-electron chi connectivity index (χ4n) is 3.40. The molecule has 3 aromatic rings. The number of aliphatic imine (C=N–C) groups is 1. The van der Waals surface area contributed by atoms with Gasteiger partial charge in [-0.25, -0.2) is 4.79 Å². The molecule has 144 valence electrons. The molecule has 0 saturated carbocycles. The second-order valence-corrected chi connectivity index (χ2v) is 6.88. The van der Waals surface area contributed by atoms with Gasteiger partial charge >= 0.3 is 6.09 Å². The van der Waals surface area contributed by atoms with Crippen molar-refractivity contribution in [3.05, 3.63) is 54.5 Å². The lowest BCUT2D eigenvalue weighted by atomic mass is 10.1. The van der Waals surface area contributed by atoms with E-state index in [1.807, 2.05) is 35.3 Å². The number of amides is 1. The molecule has 0 radical (unpaired) electrons. The summed E-state index contributed by atoms with van der Waals surface area (Å²) in [6.45, 7) is 1.74. The third-order valence-corrected chi connectivity index (χ3v) is 4.91. The van der Waals surface area contributed by atoms with Crippen molar-refractivity contribution in [2.75, 3.05) is 18.4 Å². The van der Waals surface area contributed by atoms with Crippen LogP contribution in [0.3, 0.4) is 0 Å². The Labute approximate surface area is 162 Å². The van der Waals surface area contributed by atoms with Crippen molar-refractivity contribution >= 4 is 29.0 Å². The monoisotopic (exact) mass is 378 g/mol. The second-order valence-electron chi connectivity index (χ2n) is 6.88.